The number of nitrogens with one attached hydrogen (secondary N) is 1. The number of carbonyl (C=O) groups is 2. The van der Waals surface area contributed by atoms with E-state index in [0.717, 1.165) is 16.2 Å². The SMILES string of the molecule is NC(=O)c1ccc[nH]c1=O.NC(=O)c1cccc2cc3ccccc3cc12. The van der Waals surface area contributed by atoms with Gasteiger partial charge in [0.1, 0.15) is 5.56 Å². The number of pyridine rings is 1. The minimum absolute atomic E-state index is 0.0116. The molecule has 0 bridgehead atoms. The predicted molar refractivity (Wildman–Crippen MR) is 106 cm³/mol. The molecule has 0 aliphatic heterocycles. The standard InChI is InChI=1S/C15H11NO.C6H6N2O2/c16-15(17)13-7-3-6-12-8-10-4-1-2-5-11(10)9-14(12)13;7-5(9)4-2-1-3-8-6(4)10/h1-9H,(H2,16,17);1-3H,(H2,7,9)(H,8,10). The second kappa shape index (κ2) is 7.53. The summed E-state index contributed by atoms with van der Waals surface area (Å²) in [5.74, 6) is -1.09. The van der Waals surface area contributed by atoms with Crippen LogP contribution in [0.4, 0.5) is 0 Å². The molecular weight excluding hydrogens is 342 g/mol. The van der Waals surface area contributed by atoms with Gasteiger partial charge in [-0.1, -0.05) is 36.4 Å². The Balaban J connectivity index is 0.000000180. The number of primary amides is 2. The number of carbonyl (C=O) groups excluding carboxylic acids is 2. The minimum atomic E-state index is -0.707. The van der Waals surface area contributed by atoms with Crippen molar-refractivity contribution in [1.82, 2.24) is 4.98 Å². The summed E-state index contributed by atoms with van der Waals surface area (Å²) < 4.78 is 0. The lowest BCUT2D eigenvalue weighted by molar-refractivity contribution is 0.0991. The largest absolute Gasteiger partial charge is 0.366 e. The van der Waals surface area contributed by atoms with E-state index in [2.05, 4.69) is 17.1 Å². The third-order valence-corrected chi connectivity index (χ3v) is 4.10. The predicted octanol–water partition coefficient (Wildman–Crippen LogP) is 2.57. The lowest BCUT2D eigenvalue weighted by Gasteiger charge is -2.05. The van der Waals surface area contributed by atoms with Crippen molar-refractivity contribution in [2.75, 3.05) is 0 Å². The smallest absolute Gasteiger partial charge is 0.260 e. The summed E-state index contributed by atoms with van der Waals surface area (Å²) in [4.78, 5) is 34.8. The molecule has 0 radical (unpaired) electrons. The molecule has 27 heavy (non-hydrogen) atoms. The Labute approximate surface area is 154 Å². The Kier molecular flexibility index (Phi) is 4.99. The van der Waals surface area contributed by atoms with Crippen molar-refractivity contribution >= 4 is 33.4 Å². The van der Waals surface area contributed by atoms with Crippen LogP contribution in [0.3, 0.4) is 0 Å². The molecular formula is C21H17N3O3. The second-order valence-corrected chi connectivity index (χ2v) is 5.87. The molecule has 3 aromatic carbocycles. The van der Waals surface area contributed by atoms with Crippen LogP contribution in [0.25, 0.3) is 21.5 Å². The van der Waals surface area contributed by atoms with Crippen molar-refractivity contribution in [3.05, 3.63) is 94.4 Å². The Morgan fingerprint density at radius 3 is 1.89 bits per heavy atom. The summed E-state index contributed by atoms with van der Waals surface area (Å²) in [6.45, 7) is 0. The Morgan fingerprint density at radius 2 is 1.30 bits per heavy atom. The zero-order valence-corrected chi connectivity index (χ0v) is 14.3. The highest BCUT2D eigenvalue weighted by atomic mass is 16.2. The number of aromatic amines is 1. The van der Waals surface area contributed by atoms with Gasteiger partial charge >= 0.3 is 0 Å². The van der Waals surface area contributed by atoms with E-state index in [1.807, 2.05) is 36.4 Å². The van der Waals surface area contributed by atoms with Crippen LogP contribution >= 0.6 is 0 Å². The van der Waals surface area contributed by atoms with Crippen LogP contribution in [0.15, 0.2) is 77.7 Å². The maximum atomic E-state index is 11.4. The fourth-order valence-corrected chi connectivity index (χ4v) is 2.80. The Morgan fingerprint density at radius 1 is 0.704 bits per heavy atom. The van der Waals surface area contributed by atoms with Gasteiger partial charge < -0.3 is 16.5 Å². The van der Waals surface area contributed by atoms with Gasteiger partial charge in [0, 0.05) is 11.8 Å². The first-order valence-corrected chi connectivity index (χ1v) is 8.16. The molecule has 5 N–H and O–H groups in total. The fourth-order valence-electron chi connectivity index (χ4n) is 2.80. The van der Waals surface area contributed by atoms with E-state index in [4.69, 9.17) is 11.5 Å². The molecule has 0 atom stereocenters. The first-order valence-electron chi connectivity index (χ1n) is 8.16. The molecule has 0 fully saturated rings. The Hall–Kier alpha value is -3.93. The first kappa shape index (κ1) is 17.9. The number of amides is 2. The van der Waals surface area contributed by atoms with Crippen molar-refractivity contribution < 1.29 is 9.59 Å². The summed E-state index contributed by atoms with van der Waals surface area (Å²) in [7, 11) is 0. The first-order chi connectivity index (χ1) is 13.0. The number of hydrogen-bond donors (Lipinski definition) is 3. The van der Waals surface area contributed by atoms with E-state index in [-0.39, 0.29) is 11.5 Å². The van der Waals surface area contributed by atoms with E-state index in [1.54, 1.807) is 12.1 Å². The van der Waals surface area contributed by atoms with E-state index >= 15 is 0 Å². The lowest BCUT2D eigenvalue weighted by atomic mass is 9.99. The van der Waals surface area contributed by atoms with Crippen LogP contribution in [0.1, 0.15) is 20.7 Å². The van der Waals surface area contributed by atoms with Crippen molar-refractivity contribution in [3.63, 3.8) is 0 Å². The average Bonchev–Trinajstić information content (AvgIpc) is 2.66. The van der Waals surface area contributed by atoms with Crippen LogP contribution in [0.5, 0.6) is 0 Å². The van der Waals surface area contributed by atoms with E-state index in [9.17, 15) is 14.4 Å². The molecule has 0 saturated carbocycles. The van der Waals surface area contributed by atoms with Crippen LogP contribution in [0.2, 0.25) is 0 Å². The molecule has 0 aliphatic carbocycles. The van der Waals surface area contributed by atoms with Crippen molar-refractivity contribution in [1.29, 1.82) is 0 Å². The average molecular weight is 359 g/mol. The monoisotopic (exact) mass is 359 g/mol. The summed E-state index contributed by atoms with van der Waals surface area (Å²) in [6, 6.07) is 20.7. The highest BCUT2D eigenvalue weighted by Gasteiger charge is 2.06. The fraction of sp³-hybridized carbons (Fsp3) is 0. The molecule has 4 aromatic rings. The molecule has 4 rings (SSSR count). The van der Waals surface area contributed by atoms with Crippen LogP contribution < -0.4 is 17.0 Å². The summed E-state index contributed by atoms with van der Waals surface area (Å²) in [5, 5.41) is 4.24. The number of fused-ring (bicyclic) bond motifs is 2. The highest BCUT2D eigenvalue weighted by Crippen LogP contribution is 2.25. The molecule has 0 aliphatic rings. The Bertz CT molecular complexity index is 1210. The van der Waals surface area contributed by atoms with Gasteiger partial charge in [0.2, 0.25) is 5.91 Å². The number of H-pyrrole nitrogens is 1. The number of aromatic nitrogens is 1. The van der Waals surface area contributed by atoms with Crippen molar-refractivity contribution in [3.8, 4) is 0 Å². The van der Waals surface area contributed by atoms with Gasteiger partial charge in [-0.25, -0.2) is 0 Å². The minimum Gasteiger partial charge on any atom is -0.366 e. The molecule has 134 valence electrons. The van der Waals surface area contributed by atoms with Gasteiger partial charge in [-0.05, 0) is 51.9 Å². The van der Waals surface area contributed by atoms with Gasteiger partial charge in [0.25, 0.3) is 11.5 Å². The van der Waals surface area contributed by atoms with Gasteiger partial charge in [0.05, 0.1) is 0 Å². The number of benzene rings is 3. The molecule has 0 spiro atoms. The maximum absolute atomic E-state index is 11.4. The quantitative estimate of drug-likeness (QED) is 0.477. The topological polar surface area (TPSA) is 119 Å². The summed E-state index contributed by atoms with van der Waals surface area (Å²) >= 11 is 0. The molecule has 0 unspecified atom stereocenters. The van der Waals surface area contributed by atoms with E-state index in [0.29, 0.717) is 5.56 Å². The van der Waals surface area contributed by atoms with E-state index in [1.165, 1.54) is 17.6 Å². The molecule has 1 aromatic heterocycles. The van der Waals surface area contributed by atoms with Crippen LogP contribution in [0, 0.1) is 0 Å². The van der Waals surface area contributed by atoms with Crippen molar-refractivity contribution in [2.24, 2.45) is 11.5 Å². The van der Waals surface area contributed by atoms with Gasteiger partial charge in [-0.3, -0.25) is 14.4 Å². The number of hydrogen-bond acceptors (Lipinski definition) is 3. The molecule has 1 heterocycles. The zero-order chi connectivity index (χ0) is 19.4. The number of rotatable bonds is 2. The van der Waals surface area contributed by atoms with Gasteiger partial charge in [-0.2, -0.15) is 0 Å². The van der Waals surface area contributed by atoms with Crippen LogP contribution in [-0.4, -0.2) is 16.8 Å². The van der Waals surface area contributed by atoms with Crippen molar-refractivity contribution in [2.45, 2.75) is 0 Å². The maximum Gasteiger partial charge on any atom is 0.260 e. The second-order valence-electron chi connectivity index (χ2n) is 5.87. The highest BCUT2D eigenvalue weighted by molar-refractivity contribution is 6.10. The van der Waals surface area contributed by atoms with Crippen LogP contribution in [-0.2, 0) is 0 Å². The normalized spacial score (nSPS) is 10.2. The third kappa shape index (κ3) is 3.85. The lowest BCUT2D eigenvalue weighted by Crippen LogP contribution is -2.22. The summed E-state index contributed by atoms with van der Waals surface area (Å²) in [6.07, 6.45) is 1.44. The molecule has 0 saturated heterocycles. The third-order valence-electron chi connectivity index (χ3n) is 4.10. The van der Waals surface area contributed by atoms with Gasteiger partial charge in [0.15, 0.2) is 0 Å². The molecule has 6 heteroatoms. The molecule has 2 amide bonds. The van der Waals surface area contributed by atoms with Gasteiger partial charge in [-0.15, -0.1) is 0 Å². The van der Waals surface area contributed by atoms with E-state index < -0.39 is 11.5 Å². The summed E-state index contributed by atoms with van der Waals surface area (Å²) in [5.41, 5.74) is 10.4. The number of nitrogens with two attached hydrogens (primary N) is 2. The zero-order valence-electron chi connectivity index (χ0n) is 14.3. The molecule has 6 nitrogen and oxygen atoms in total.